The summed E-state index contributed by atoms with van der Waals surface area (Å²) in [4.78, 5) is 30.7. The highest BCUT2D eigenvalue weighted by Crippen LogP contribution is 2.31. The Bertz CT molecular complexity index is 800. The fraction of sp³-hybridized carbons (Fsp3) is 0.118. The highest BCUT2D eigenvalue weighted by atomic mass is 79.9. The number of hydrogen-bond acceptors (Lipinski definition) is 4. The van der Waals surface area contributed by atoms with Crippen molar-refractivity contribution >= 4 is 39.1 Å². The summed E-state index contributed by atoms with van der Waals surface area (Å²) in [5.74, 6) is -0.564. The van der Waals surface area contributed by atoms with Gasteiger partial charge >= 0.3 is 0 Å². The molecule has 0 N–H and O–H groups in total. The number of halogens is 1. The van der Waals surface area contributed by atoms with Crippen LogP contribution in [-0.2, 0) is 9.53 Å². The summed E-state index contributed by atoms with van der Waals surface area (Å²) in [6.07, 6.45) is 2.95. The van der Waals surface area contributed by atoms with E-state index in [-0.39, 0.29) is 5.82 Å². The number of aromatic nitrogens is 1. The van der Waals surface area contributed by atoms with Crippen molar-refractivity contribution in [2.45, 2.75) is 6.92 Å². The van der Waals surface area contributed by atoms with E-state index in [9.17, 15) is 9.59 Å². The van der Waals surface area contributed by atoms with Gasteiger partial charge in [-0.15, -0.1) is 0 Å². The smallest absolute Gasteiger partial charge is 0.270 e. The summed E-state index contributed by atoms with van der Waals surface area (Å²) in [5.41, 5.74) is 1.36. The third-order valence-electron chi connectivity index (χ3n) is 3.39. The van der Waals surface area contributed by atoms with Crippen molar-refractivity contribution in [3.63, 3.8) is 0 Å². The van der Waals surface area contributed by atoms with Gasteiger partial charge in [0.25, 0.3) is 11.8 Å². The molecule has 23 heavy (non-hydrogen) atoms. The average Bonchev–Trinajstić information content (AvgIpc) is 2.57. The van der Waals surface area contributed by atoms with E-state index in [4.69, 9.17) is 4.74 Å². The van der Waals surface area contributed by atoms with Crippen molar-refractivity contribution in [3.8, 4) is 0 Å². The number of hydrogen-bond donors (Lipinski definition) is 0. The number of ether oxygens (including phenoxy) is 1. The molecule has 1 aromatic carbocycles. The molecule has 2 amide bonds. The maximum absolute atomic E-state index is 12.8. The van der Waals surface area contributed by atoms with E-state index < -0.39 is 11.8 Å². The van der Waals surface area contributed by atoms with Gasteiger partial charge in [-0.2, -0.15) is 0 Å². The molecule has 5 nitrogen and oxygen atoms in total. The lowest BCUT2D eigenvalue weighted by atomic mass is 9.94. The molecule has 1 aliphatic heterocycles. The number of amides is 2. The van der Waals surface area contributed by atoms with Crippen LogP contribution >= 0.6 is 15.9 Å². The second kappa shape index (κ2) is 6.34. The zero-order valence-corrected chi connectivity index (χ0v) is 13.9. The van der Waals surface area contributed by atoms with Crippen LogP contribution in [-0.4, -0.2) is 23.4 Å². The van der Waals surface area contributed by atoms with E-state index in [0.29, 0.717) is 23.3 Å². The first-order chi connectivity index (χ1) is 11.1. The van der Waals surface area contributed by atoms with Gasteiger partial charge in [-0.05, 0) is 41.1 Å². The van der Waals surface area contributed by atoms with Crippen LogP contribution in [0.1, 0.15) is 22.8 Å². The molecule has 0 aliphatic carbocycles. The molecule has 0 fully saturated rings. The van der Waals surface area contributed by atoms with Gasteiger partial charge in [-0.3, -0.25) is 9.59 Å². The van der Waals surface area contributed by atoms with Crippen molar-refractivity contribution in [2.75, 3.05) is 11.5 Å². The number of rotatable bonds is 3. The molecule has 116 valence electrons. The summed E-state index contributed by atoms with van der Waals surface area (Å²) < 4.78 is 6.06. The Hall–Kier alpha value is -2.47. The minimum absolute atomic E-state index is 0.278. The topological polar surface area (TPSA) is 59.5 Å². The lowest BCUT2D eigenvalue weighted by molar-refractivity contribution is -0.113. The van der Waals surface area contributed by atoms with Gasteiger partial charge in [0.1, 0.15) is 5.82 Å². The van der Waals surface area contributed by atoms with Crippen LogP contribution in [0.15, 0.2) is 53.3 Å². The Morgan fingerprint density at radius 3 is 2.52 bits per heavy atom. The summed E-state index contributed by atoms with van der Waals surface area (Å²) >= 11 is 3.29. The molecular weight excluding hydrogens is 360 g/mol. The molecule has 2 aromatic rings. The van der Waals surface area contributed by atoms with Gasteiger partial charge in [0, 0.05) is 21.8 Å². The second-order valence-electron chi connectivity index (χ2n) is 4.81. The summed E-state index contributed by atoms with van der Waals surface area (Å²) in [6, 6.07) is 10.3. The van der Waals surface area contributed by atoms with Crippen LogP contribution in [0.4, 0.5) is 5.82 Å². The van der Waals surface area contributed by atoms with Crippen molar-refractivity contribution in [2.24, 2.45) is 0 Å². The number of nitrogens with zero attached hydrogens (tertiary/aromatic N) is 2. The molecule has 0 saturated heterocycles. The number of carbonyl (C=O) groups is 2. The van der Waals surface area contributed by atoms with Gasteiger partial charge < -0.3 is 4.74 Å². The van der Waals surface area contributed by atoms with Crippen molar-refractivity contribution in [1.82, 2.24) is 4.98 Å². The SMILES string of the molecule is CCO/C=C1\C(=O)N(c2ccc(Br)cn2)C(=O)c2ccccc21. The number of carbonyl (C=O) groups excluding carboxylic acids is 2. The van der Waals surface area contributed by atoms with Crippen LogP contribution in [0.25, 0.3) is 5.57 Å². The normalized spacial score (nSPS) is 15.7. The zero-order chi connectivity index (χ0) is 16.4. The first-order valence-electron chi connectivity index (χ1n) is 7.05. The fourth-order valence-electron chi connectivity index (χ4n) is 2.34. The molecule has 0 unspecified atom stereocenters. The highest BCUT2D eigenvalue weighted by molar-refractivity contribution is 9.10. The minimum Gasteiger partial charge on any atom is -0.501 e. The van der Waals surface area contributed by atoms with E-state index in [1.54, 1.807) is 42.6 Å². The maximum Gasteiger partial charge on any atom is 0.270 e. The summed E-state index contributed by atoms with van der Waals surface area (Å²) in [6.45, 7) is 2.26. The van der Waals surface area contributed by atoms with Gasteiger partial charge in [-0.25, -0.2) is 9.88 Å². The lowest BCUT2D eigenvalue weighted by Gasteiger charge is -2.27. The number of imide groups is 1. The van der Waals surface area contributed by atoms with Crippen molar-refractivity contribution in [3.05, 3.63) is 64.5 Å². The number of benzene rings is 1. The van der Waals surface area contributed by atoms with Crippen LogP contribution in [0.2, 0.25) is 0 Å². The quantitative estimate of drug-likeness (QED) is 0.470. The predicted octanol–water partition coefficient (Wildman–Crippen LogP) is 3.41. The monoisotopic (exact) mass is 372 g/mol. The van der Waals surface area contributed by atoms with Crippen molar-refractivity contribution in [1.29, 1.82) is 0 Å². The molecule has 0 spiro atoms. The first kappa shape index (κ1) is 15.4. The molecule has 1 aromatic heterocycles. The predicted molar refractivity (Wildman–Crippen MR) is 89.8 cm³/mol. The molecule has 0 atom stereocenters. The van der Waals surface area contributed by atoms with Gasteiger partial charge in [0.05, 0.1) is 18.4 Å². The second-order valence-corrected chi connectivity index (χ2v) is 5.73. The van der Waals surface area contributed by atoms with Crippen LogP contribution < -0.4 is 4.90 Å². The van der Waals surface area contributed by atoms with E-state index in [1.165, 1.54) is 6.26 Å². The minimum atomic E-state index is -0.447. The Kier molecular flexibility index (Phi) is 4.25. The zero-order valence-electron chi connectivity index (χ0n) is 12.3. The van der Waals surface area contributed by atoms with E-state index in [2.05, 4.69) is 20.9 Å². The third kappa shape index (κ3) is 2.77. The maximum atomic E-state index is 12.8. The molecule has 1 aliphatic rings. The standard InChI is InChI=1S/C17H13BrN2O3/c1-2-23-10-14-12-5-3-4-6-13(12)16(21)20(17(14)22)15-8-7-11(18)9-19-15/h3-10H,2H2,1H3/b14-10-. The Balaban J connectivity index is 2.14. The van der Waals surface area contributed by atoms with Crippen LogP contribution in [0.5, 0.6) is 0 Å². The number of fused-ring (bicyclic) bond motifs is 1. The number of anilines is 1. The van der Waals surface area contributed by atoms with E-state index in [0.717, 1.165) is 9.37 Å². The molecule has 0 saturated carbocycles. The van der Waals surface area contributed by atoms with Gasteiger partial charge in [0.15, 0.2) is 0 Å². The highest BCUT2D eigenvalue weighted by Gasteiger charge is 2.36. The molecule has 0 bridgehead atoms. The average molecular weight is 373 g/mol. The summed E-state index contributed by atoms with van der Waals surface area (Å²) in [5, 5.41) is 0. The molecular formula is C17H13BrN2O3. The fourth-order valence-corrected chi connectivity index (χ4v) is 2.58. The van der Waals surface area contributed by atoms with Gasteiger partial charge in [0.2, 0.25) is 0 Å². The Morgan fingerprint density at radius 1 is 1.13 bits per heavy atom. The Labute approximate surface area is 141 Å². The largest absolute Gasteiger partial charge is 0.501 e. The first-order valence-corrected chi connectivity index (χ1v) is 7.84. The molecule has 0 radical (unpaired) electrons. The Morgan fingerprint density at radius 2 is 1.87 bits per heavy atom. The molecule has 2 heterocycles. The number of pyridine rings is 1. The lowest BCUT2D eigenvalue weighted by Crippen LogP contribution is -2.42. The molecule has 3 rings (SSSR count). The van der Waals surface area contributed by atoms with Crippen LogP contribution in [0.3, 0.4) is 0 Å². The van der Waals surface area contributed by atoms with Crippen molar-refractivity contribution < 1.29 is 14.3 Å². The van der Waals surface area contributed by atoms with E-state index in [1.807, 2.05) is 6.92 Å². The van der Waals surface area contributed by atoms with Crippen LogP contribution in [0, 0.1) is 0 Å². The third-order valence-corrected chi connectivity index (χ3v) is 3.86. The molecule has 6 heteroatoms. The van der Waals surface area contributed by atoms with E-state index >= 15 is 0 Å². The summed E-state index contributed by atoms with van der Waals surface area (Å²) in [7, 11) is 0. The van der Waals surface area contributed by atoms with Gasteiger partial charge in [-0.1, -0.05) is 18.2 Å².